The lowest BCUT2D eigenvalue weighted by atomic mass is 9.55. The van der Waals surface area contributed by atoms with Gasteiger partial charge in [-0.25, -0.2) is 0 Å². The number of amides is 2. The lowest BCUT2D eigenvalue weighted by molar-refractivity contribution is -0.126. The summed E-state index contributed by atoms with van der Waals surface area (Å²) in [4.78, 5) is 23.2. The first-order valence-electron chi connectivity index (χ1n) is 5.13. The van der Waals surface area contributed by atoms with Crippen LogP contribution in [0.3, 0.4) is 0 Å². The number of imide groups is 1. The number of carbonyl (C=O) groups excluding carboxylic acids is 2. The van der Waals surface area contributed by atoms with Gasteiger partial charge in [-0.2, -0.15) is 5.26 Å². The van der Waals surface area contributed by atoms with Crippen molar-refractivity contribution in [3.63, 3.8) is 0 Å². The Morgan fingerprint density at radius 1 is 1.47 bits per heavy atom. The first kappa shape index (κ1) is 8.66. The number of nitriles is 1. The summed E-state index contributed by atoms with van der Waals surface area (Å²) in [7, 11) is 0. The molecule has 0 radical (unpaired) electrons. The fourth-order valence-electron chi connectivity index (χ4n) is 3.19. The highest BCUT2D eigenvalue weighted by Gasteiger charge is 2.60. The molecule has 0 aromatic rings. The summed E-state index contributed by atoms with van der Waals surface area (Å²) in [6.45, 7) is 0. The monoisotopic (exact) mass is 202 g/mol. The molecule has 1 heterocycles. The van der Waals surface area contributed by atoms with Crippen LogP contribution in [0.2, 0.25) is 0 Å². The molecule has 1 aliphatic heterocycles. The minimum absolute atomic E-state index is 0.150. The van der Waals surface area contributed by atoms with E-state index in [1.165, 1.54) is 0 Å². The first-order valence-corrected chi connectivity index (χ1v) is 5.13. The van der Waals surface area contributed by atoms with Gasteiger partial charge in [0.05, 0.1) is 23.3 Å². The van der Waals surface area contributed by atoms with Gasteiger partial charge in [0.1, 0.15) is 0 Å². The second kappa shape index (κ2) is 2.48. The maximum atomic E-state index is 11.7. The number of hydrogen-bond donors (Lipinski definition) is 1. The summed E-state index contributed by atoms with van der Waals surface area (Å²) in [5, 5.41) is 11.6. The summed E-state index contributed by atoms with van der Waals surface area (Å²) in [6, 6.07) is 2.23. The predicted octanol–water partition coefficient (Wildman–Crippen LogP) is 0.365. The summed E-state index contributed by atoms with van der Waals surface area (Å²) in [5.41, 5.74) is -0.727. The molecule has 0 aromatic carbocycles. The molecule has 1 saturated heterocycles. The summed E-state index contributed by atoms with van der Waals surface area (Å²) < 4.78 is 0. The minimum Gasteiger partial charge on any atom is -0.296 e. The van der Waals surface area contributed by atoms with Crippen LogP contribution >= 0.6 is 0 Å². The maximum absolute atomic E-state index is 11.7. The van der Waals surface area contributed by atoms with Crippen molar-refractivity contribution in [2.75, 3.05) is 0 Å². The van der Waals surface area contributed by atoms with Gasteiger partial charge in [0.15, 0.2) is 0 Å². The van der Waals surface area contributed by atoms with Crippen LogP contribution in [0.1, 0.15) is 12.8 Å². The number of rotatable bonds is 0. The molecule has 1 N–H and O–H groups in total. The molecule has 4 atom stereocenters. The average molecular weight is 202 g/mol. The van der Waals surface area contributed by atoms with Crippen molar-refractivity contribution in [3.8, 4) is 6.07 Å². The standard InChI is InChI=1S/C11H10N2O2/c12-5-11-3-1-6(2-4-11)7-8(11)10(15)13-9(7)14/h1,3,6-8H,2,4H2,(H,13,14,15). The lowest BCUT2D eigenvalue weighted by Crippen LogP contribution is -2.46. The van der Waals surface area contributed by atoms with Crippen molar-refractivity contribution < 1.29 is 9.59 Å². The van der Waals surface area contributed by atoms with Gasteiger partial charge in [-0.05, 0) is 18.8 Å². The molecule has 0 spiro atoms. The summed E-state index contributed by atoms with van der Waals surface area (Å²) in [6.07, 6.45) is 5.31. The smallest absolute Gasteiger partial charge is 0.232 e. The van der Waals surface area contributed by atoms with Gasteiger partial charge in [0.2, 0.25) is 11.8 Å². The van der Waals surface area contributed by atoms with Crippen molar-refractivity contribution in [2.24, 2.45) is 23.2 Å². The van der Waals surface area contributed by atoms with E-state index in [0.717, 1.165) is 6.42 Å². The molecule has 2 bridgehead atoms. The van der Waals surface area contributed by atoms with Crippen LogP contribution in [-0.4, -0.2) is 11.8 Å². The number of carbonyl (C=O) groups is 2. The van der Waals surface area contributed by atoms with Crippen LogP contribution in [0.15, 0.2) is 12.2 Å². The molecule has 0 aromatic heterocycles. The van der Waals surface area contributed by atoms with Crippen LogP contribution in [0.4, 0.5) is 0 Å². The third-order valence-electron chi connectivity index (χ3n) is 3.95. The van der Waals surface area contributed by atoms with Crippen molar-refractivity contribution in [3.05, 3.63) is 12.2 Å². The van der Waals surface area contributed by atoms with Gasteiger partial charge in [-0.15, -0.1) is 0 Å². The highest BCUT2D eigenvalue weighted by atomic mass is 16.2. The highest BCUT2D eigenvalue weighted by Crippen LogP contribution is 2.54. The van der Waals surface area contributed by atoms with Gasteiger partial charge in [-0.1, -0.05) is 12.2 Å². The Hall–Kier alpha value is -1.63. The molecular weight excluding hydrogens is 192 g/mol. The van der Waals surface area contributed by atoms with Crippen LogP contribution in [-0.2, 0) is 9.59 Å². The molecule has 4 heteroatoms. The molecule has 2 amide bonds. The molecule has 3 aliphatic carbocycles. The van der Waals surface area contributed by atoms with Crippen LogP contribution in [0.5, 0.6) is 0 Å². The third kappa shape index (κ3) is 0.858. The molecule has 15 heavy (non-hydrogen) atoms. The molecule has 1 saturated carbocycles. The van der Waals surface area contributed by atoms with Crippen molar-refractivity contribution in [1.29, 1.82) is 5.26 Å². The van der Waals surface area contributed by atoms with Crippen LogP contribution in [0.25, 0.3) is 0 Å². The van der Waals surface area contributed by atoms with E-state index < -0.39 is 11.3 Å². The van der Waals surface area contributed by atoms with Crippen molar-refractivity contribution >= 4 is 11.8 Å². The predicted molar refractivity (Wildman–Crippen MR) is 50.0 cm³/mol. The second-order valence-electron chi connectivity index (χ2n) is 4.57. The van der Waals surface area contributed by atoms with E-state index in [0.29, 0.717) is 6.42 Å². The lowest BCUT2D eigenvalue weighted by Gasteiger charge is -2.43. The van der Waals surface area contributed by atoms with E-state index >= 15 is 0 Å². The SMILES string of the molecule is N#CC12C=CC(CC1)C1C(=O)NC(=O)C12. The molecule has 2 fully saturated rings. The zero-order valence-corrected chi connectivity index (χ0v) is 8.06. The first-order chi connectivity index (χ1) is 7.18. The fraction of sp³-hybridized carbons (Fsp3) is 0.545. The van der Waals surface area contributed by atoms with Gasteiger partial charge >= 0.3 is 0 Å². The number of fused-ring (bicyclic) bond motifs is 1. The fourth-order valence-corrected chi connectivity index (χ4v) is 3.19. The van der Waals surface area contributed by atoms with Gasteiger partial charge in [-0.3, -0.25) is 14.9 Å². The Morgan fingerprint density at radius 2 is 2.27 bits per heavy atom. The van der Waals surface area contributed by atoms with E-state index in [2.05, 4.69) is 11.4 Å². The second-order valence-corrected chi connectivity index (χ2v) is 4.57. The van der Waals surface area contributed by atoms with Crippen LogP contribution in [0, 0.1) is 34.5 Å². The molecular formula is C11H10N2O2. The highest BCUT2D eigenvalue weighted by molar-refractivity contribution is 6.06. The van der Waals surface area contributed by atoms with Gasteiger partial charge in [0, 0.05) is 0 Å². The Balaban J connectivity index is 2.17. The van der Waals surface area contributed by atoms with E-state index in [1.54, 1.807) is 0 Å². The normalized spacial score (nSPS) is 46.2. The number of hydrogen-bond acceptors (Lipinski definition) is 3. The van der Waals surface area contributed by atoms with Gasteiger partial charge in [0.25, 0.3) is 0 Å². The van der Waals surface area contributed by atoms with Crippen molar-refractivity contribution in [1.82, 2.24) is 5.32 Å². The topological polar surface area (TPSA) is 70.0 Å². The quantitative estimate of drug-likeness (QED) is 0.455. The summed E-state index contributed by atoms with van der Waals surface area (Å²) >= 11 is 0. The largest absolute Gasteiger partial charge is 0.296 e. The summed E-state index contributed by atoms with van der Waals surface area (Å²) in [5.74, 6) is -1.05. The third-order valence-corrected chi connectivity index (χ3v) is 3.95. The molecule has 4 aliphatic rings. The number of nitrogens with one attached hydrogen (secondary N) is 1. The zero-order chi connectivity index (χ0) is 10.6. The molecule has 4 unspecified atom stereocenters. The van der Waals surface area contributed by atoms with E-state index in [9.17, 15) is 14.9 Å². The Kier molecular flexibility index (Phi) is 1.43. The Morgan fingerprint density at radius 3 is 2.87 bits per heavy atom. The maximum Gasteiger partial charge on any atom is 0.232 e. The molecule has 4 nitrogen and oxygen atoms in total. The molecule has 4 rings (SSSR count). The van der Waals surface area contributed by atoms with E-state index in [1.807, 2.05) is 12.2 Å². The van der Waals surface area contributed by atoms with Gasteiger partial charge < -0.3 is 0 Å². The van der Waals surface area contributed by atoms with Crippen LogP contribution < -0.4 is 5.32 Å². The Bertz CT molecular complexity index is 434. The van der Waals surface area contributed by atoms with E-state index in [-0.39, 0.29) is 23.7 Å². The van der Waals surface area contributed by atoms with E-state index in [4.69, 9.17) is 0 Å². The molecule has 76 valence electrons. The zero-order valence-electron chi connectivity index (χ0n) is 8.06. The Labute approximate surface area is 86.9 Å². The average Bonchev–Trinajstić information content (AvgIpc) is 2.59. The number of nitrogens with zero attached hydrogens (tertiary/aromatic N) is 1. The number of allylic oxidation sites excluding steroid dienone is 2. The van der Waals surface area contributed by atoms with Crippen molar-refractivity contribution in [2.45, 2.75) is 12.8 Å². The minimum atomic E-state index is -0.727.